The summed E-state index contributed by atoms with van der Waals surface area (Å²) in [7, 11) is -13.9. The summed E-state index contributed by atoms with van der Waals surface area (Å²) in [6, 6.07) is 22.3. The molecule has 1 aromatic heterocycles. The molecule has 1 heterocycles. The van der Waals surface area contributed by atoms with E-state index in [-0.39, 0.29) is 22.5 Å². The Bertz CT molecular complexity index is 2760. The number of hydrogen-bond donors (Lipinski definition) is 5. The van der Waals surface area contributed by atoms with E-state index in [1.54, 1.807) is 30.3 Å². The van der Waals surface area contributed by atoms with Crippen LogP contribution in [0.2, 0.25) is 0 Å². The van der Waals surface area contributed by atoms with E-state index in [1.165, 1.54) is 60.7 Å². The van der Waals surface area contributed by atoms with Crippen LogP contribution < -0.4 is 5.32 Å². The van der Waals surface area contributed by atoms with Gasteiger partial charge in [-0.3, -0.25) is 13.7 Å². The number of hydrogen-bond acceptors (Lipinski definition) is 15. The van der Waals surface area contributed by atoms with Crippen LogP contribution in [0.4, 0.5) is 17.1 Å². The summed E-state index contributed by atoms with van der Waals surface area (Å²) in [4.78, 5) is 0.568. The zero-order valence-corrected chi connectivity index (χ0v) is 29.7. The summed E-state index contributed by atoms with van der Waals surface area (Å²) in [5.74, 6) is -0.699. The Morgan fingerprint density at radius 1 is 0.736 bits per heavy atom. The number of aromatic nitrogens is 3. The van der Waals surface area contributed by atoms with Crippen molar-refractivity contribution in [3.63, 3.8) is 0 Å². The monoisotopic (exact) mass is 800 g/mol. The molecule has 0 fully saturated rings. The Kier molecular flexibility index (Phi) is 10.7. The minimum Gasteiger partial charge on any atom is -0.370 e. The van der Waals surface area contributed by atoms with E-state index in [4.69, 9.17) is 9.81 Å². The van der Waals surface area contributed by atoms with Crippen molar-refractivity contribution in [2.24, 2.45) is 10.2 Å². The normalized spacial score (nSPS) is 12.8. The zero-order valence-electron chi connectivity index (χ0n) is 26.4. The number of benzene rings is 5. The van der Waals surface area contributed by atoms with Gasteiger partial charge in [-0.05, 0) is 65.7 Å². The molecule has 6 aromatic rings. The van der Waals surface area contributed by atoms with Gasteiger partial charge in [-0.1, -0.05) is 53.6 Å². The Balaban J connectivity index is 1.30. The molecule has 6 rings (SSSR count). The van der Waals surface area contributed by atoms with E-state index < -0.39 is 46.0 Å². The van der Waals surface area contributed by atoms with Crippen molar-refractivity contribution in [2.75, 3.05) is 11.2 Å². The highest BCUT2D eigenvalue weighted by molar-refractivity contribution is 7.94. The fraction of sp³-hybridized carbons (Fsp3) is 0.0323. The molecule has 0 spiro atoms. The minimum atomic E-state index is -4.86. The van der Waals surface area contributed by atoms with Crippen molar-refractivity contribution in [1.82, 2.24) is 15.0 Å². The van der Waals surface area contributed by atoms with E-state index in [9.17, 15) is 34.4 Å². The summed E-state index contributed by atoms with van der Waals surface area (Å²) in [5.41, 5.74) is 1.59. The molecule has 0 aliphatic carbocycles. The lowest BCUT2D eigenvalue weighted by Gasteiger charge is -2.08. The van der Waals surface area contributed by atoms with Crippen LogP contribution in [-0.2, 0) is 39.7 Å². The highest BCUT2D eigenvalue weighted by Gasteiger charge is 2.20. The van der Waals surface area contributed by atoms with Crippen molar-refractivity contribution in [2.45, 2.75) is 14.7 Å². The van der Waals surface area contributed by atoms with Crippen LogP contribution in [0.3, 0.4) is 0 Å². The molecule has 5 aromatic carbocycles. The standard InChI is InChI=1S/C31H24N6O12S4/c38-48-49-50-28-17-27-31(26-4-2-1-3-25(26)28)36-37(35-27)24-14-8-20(30(16-24)53(45,46)47)6-5-19-7-9-23(15-29(19)52(42,43)44)34-33-22-12-10-21(11-13-22)32-18-51(39,40)41/h1-17,32,38H,18H2,(H,39,40,41)(H,42,43,44)(H,45,46,47). The molecule has 0 radical (unpaired) electrons. The summed E-state index contributed by atoms with van der Waals surface area (Å²) >= 11 is 0.733. The highest BCUT2D eigenvalue weighted by Crippen LogP contribution is 2.34. The number of nitrogens with zero attached hydrogens (tertiary/aromatic N) is 5. The fourth-order valence-electron chi connectivity index (χ4n) is 5.02. The lowest BCUT2D eigenvalue weighted by molar-refractivity contribution is -0.432. The van der Waals surface area contributed by atoms with Gasteiger partial charge in [-0.2, -0.15) is 40.3 Å². The molecule has 0 bridgehead atoms. The first-order valence-corrected chi connectivity index (χ1v) is 19.9. The lowest BCUT2D eigenvalue weighted by Crippen LogP contribution is -2.12. The predicted molar refractivity (Wildman–Crippen MR) is 193 cm³/mol. The molecule has 0 atom stereocenters. The first-order valence-electron chi connectivity index (χ1n) is 14.6. The maximum atomic E-state index is 12.5. The second-order valence-electron chi connectivity index (χ2n) is 10.9. The summed E-state index contributed by atoms with van der Waals surface area (Å²) in [6.07, 6.45) is 2.44. The first kappa shape index (κ1) is 37.6. The van der Waals surface area contributed by atoms with Gasteiger partial charge in [0.05, 0.1) is 29.1 Å². The molecule has 0 aliphatic rings. The molecule has 274 valence electrons. The van der Waals surface area contributed by atoms with Gasteiger partial charge in [-0.15, -0.1) is 14.5 Å². The average molecular weight is 801 g/mol. The molecular formula is C31H24N6O12S4. The largest absolute Gasteiger partial charge is 0.370 e. The maximum Gasteiger partial charge on any atom is 0.295 e. The first-order chi connectivity index (χ1) is 25.1. The topological polar surface area (TPSA) is 269 Å². The van der Waals surface area contributed by atoms with Gasteiger partial charge in [-0.25, -0.2) is 5.26 Å². The highest BCUT2D eigenvalue weighted by atomic mass is 32.2. The predicted octanol–water partition coefficient (Wildman–Crippen LogP) is 6.34. The van der Waals surface area contributed by atoms with Crippen LogP contribution in [0.5, 0.6) is 0 Å². The Morgan fingerprint density at radius 3 is 1.98 bits per heavy atom. The SMILES string of the molecule is O=S(=O)(O)CNc1ccc(N=Nc2ccc(C=Cc3ccc(-n4nc5cc(SOOO)c6ccccc6c5n4)cc3S(=O)(=O)O)c(S(=O)(=O)O)c2)cc1. The van der Waals surface area contributed by atoms with Crippen molar-refractivity contribution in [1.29, 1.82) is 0 Å². The zero-order chi connectivity index (χ0) is 38.0. The molecule has 0 amide bonds. The molecule has 5 N–H and O–H groups in total. The molecule has 0 saturated carbocycles. The van der Waals surface area contributed by atoms with E-state index in [2.05, 4.69) is 35.1 Å². The van der Waals surface area contributed by atoms with Gasteiger partial charge in [0, 0.05) is 21.4 Å². The van der Waals surface area contributed by atoms with Crippen LogP contribution in [-0.4, -0.2) is 65.0 Å². The van der Waals surface area contributed by atoms with E-state index in [0.29, 0.717) is 38.1 Å². The lowest BCUT2D eigenvalue weighted by atomic mass is 10.1. The Hall–Kier alpha value is -5.14. The van der Waals surface area contributed by atoms with E-state index >= 15 is 0 Å². The van der Waals surface area contributed by atoms with Crippen LogP contribution in [0.25, 0.3) is 39.6 Å². The van der Waals surface area contributed by atoms with Gasteiger partial charge < -0.3 is 5.32 Å². The Labute approximate surface area is 304 Å². The Morgan fingerprint density at radius 2 is 1.34 bits per heavy atom. The fourth-order valence-corrected chi connectivity index (χ4v) is 7.31. The van der Waals surface area contributed by atoms with Crippen molar-refractivity contribution >= 4 is 93.4 Å². The number of rotatable bonds is 13. The molecule has 53 heavy (non-hydrogen) atoms. The number of nitrogens with one attached hydrogen (secondary N) is 1. The molecular weight excluding hydrogens is 777 g/mol. The van der Waals surface area contributed by atoms with Crippen molar-refractivity contribution in [3.8, 4) is 5.69 Å². The summed E-state index contributed by atoms with van der Waals surface area (Å²) in [6.45, 7) is 0. The van der Waals surface area contributed by atoms with Crippen LogP contribution in [0, 0.1) is 0 Å². The number of azo groups is 1. The quantitative estimate of drug-likeness (QED) is 0.0213. The molecule has 22 heteroatoms. The second-order valence-corrected chi connectivity index (χ2v) is 15.9. The molecule has 0 unspecified atom stereocenters. The molecule has 0 saturated heterocycles. The van der Waals surface area contributed by atoms with Gasteiger partial charge in [0.1, 0.15) is 26.7 Å². The van der Waals surface area contributed by atoms with Crippen LogP contribution >= 0.6 is 12.0 Å². The van der Waals surface area contributed by atoms with Crippen molar-refractivity contribution < 1.29 is 53.5 Å². The van der Waals surface area contributed by atoms with Gasteiger partial charge in [0.15, 0.2) is 0 Å². The smallest absolute Gasteiger partial charge is 0.295 e. The average Bonchev–Trinajstić information content (AvgIpc) is 3.55. The van der Waals surface area contributed by atoms with Crippen LogP contribution in [0.1, 0.15) is 11.1 Å². The van der Waals surface area contributed by atoms with Crippen LogP contribution in [0.15, 0.2) is 116 Å². The van der Waals surface area contributed by atoms with E-state index in [0.717, 1.165) is 29.0 Å². The third-order valence-electron chi connectivity index (χ3n) is 7.34. The van der Waals surface area contributed by atoms with Gasteiger partial charge >= 0.3 is 0 Å². The minimum absolute atomic E-state index is 0.0261. The van der Waals surface area contributed by atoms with Gasteiger partial charge in [0.2, 0.25) is 0 Å². The van der Waals surface area contributed by atoms with E-state index in [1.807, 2.05) is 0 Å². The summed E-state index contributed by atoms with van der Waals surface area (Å²) in [5, 5.41) is 33.2. The third kappa shape index (κ3) is 9.09. The molecule has 18 nitrogen and oxygen atoms in total. The third-order valence-corrected chi connectivity index (χ3v) is 10.3. The van der Waals surface area contributed by atoms with Gasteiger partial charge in [0.25, 0.3) is 30.4 Å². The second kappa shape index (κ2) is 15.1. The summed E-state index contributed by atoms with van der Waals surface area (Å²) < 4.78 is 105. The number of anilines is 1. The van der Waals surface area contributed by atoms with Crippen molar-refractivity contribution in [3.05, 3.63) is 102 Å². The molecule has 0 aliphatic heterocycles. The maximum absolute atomic E-state index is 12.5. The number of fused-ring (bicyclic) bond motifs is 3.